The Morgan fingerprint density at radius 3 is 2.73 bits per heavy atom. The molecular weight excluding hydrogens is 326 g/mol. The fraction of sp³-hybridized carbons (Fsp3) is 0.350. The maximum atomic E-state index is 13.2. The minimum Gasteiger partial charge on any atom is -0.310 e. The second kappa shape index (κ2) is 6.44. The number of anilines is 1. The zero-order chi connectivity index (χ0) is 18.3. The average molecular weight is 349 g/mol. The number of benzene rings is 1. The predicted octanol–water partition coefficient (Wildman–Crippen LogP) is 2.61. The van der Waals surface area contributed by atoms with E-state index in [4.69, 9.17) is 0 Å². The molecule has 0 N–H and O–H groups in total. The number of carbonyl (C=O) groups excluding carboxylic acids is 1. The lowest BCUT2D eigenvalue weighted by Gasteiger charge is -2.35. The summed E-state index contributed by atoms with van der Waals surface area (Å²) < 4.78 is 3.80. The highest BCUT2D eigenvalue weighted by Crippen LogP contribution is 2.32. The van der Waals surface area contributed by atoms with E-state index in [1.54, 1.807) is 6.20 Å². The second-order valence-electron chi connectivity index (χ2n) is 6.93. The minimum atomic E-state index is 0.105. The van der Waals surface area contributed by atoms with Crippen molar-refractivity contribution < 1.29 is 4.79 Å². The van der Waals surface area contributed by atoms with Gasteiger partial charge in [-0.25, -0.2) is 0 Å². The van der Waals surface area contributed by atoms with Gasteiger partial charge in [0.1, 0.15) is 0 Å². The third-order valence-electron chi connectivity index (χ3n) is 5.32. The van der Waals surface area contributed by atoms with Gasteiger partial charge in [-0.3, -0.25) is 14.2 Å². The number of rotatable bonds is 3. The van der Waals surface area contributed by atoms with Crippen LogP contribution in [0.4, 0.5) is 5.69 Å². The van der Waals surface area contributed by atoms with E-state index < -0.39 is 0 Å². The molecule has 4 rings (SSSR count). The Hall–Kier alpha value is -2.89. The number of aromatic nitrogens is 4. The first-order valence-electron chi connectivity index (χ1n) is 8.91. The standard InChI is InChI=1S/C20H23N5O/c1-14-18(15(2)23(3)22-14)12-20(26)24-13-17(25-10-6-9-21-25)11-16-7-4-5-8-19(16)24/h4-10,17H,11-13H2,1-3H3/t17-/m0/s1. The molecule has 1 aliphatic heterocycles. The zero-order valence-corrected chi connectivity index (χ0v) is 15.4. The minimum absolute atomic E-state index is 0.105. The monoisotopic (exact) mass is 349 g/mol. The highest BCUT2D eigenvalue weighted by molar-refractivity contribution is 5.96. The van der Waals surface area contributed by atoms with E-state index in [2.05, 4.69) is 16.3 Å². The Balaban J connectivity index is 1.66. The molecular formula is C20H23N5O. The summed E-state index contributed by atoms with van der Waals surface area (Å²) in [5.41, 5.74) is 5.19. The number of nitrogens with zero attached hydrogens (tertiary/aromatic N) is 5. The largest absolute Gasteiger partial charge is 0.310 e. The van der Waals surface area contributed by atoms with Crippen molar-refractivity contribution in [2.24, 2.45) is 7.05 Å². The summed E-state index contributed by atoms with van der Waals surface area (Å²) in [6.07, 6.45) is 5.00. The fourth-order valence-corrected chi connectivity index (χ4v) is 3.80. The molecule has 134 valence electrons. The molecule has 1 aromatic carbocycles. The van der Waals surface area contributed by atoms with Crippen LogP contribution < -0.4 is 4.90 Å². The van der Waals surface area contributed by atoms with Crippen LogP contribution in [0.2, 0.25) is 0 Å². The van der Waals surface area contributed by atoms with Crippen molar-refractivity contribution in [2.45, 2.75) is 32.7 Å². The Labute approximate surface area is 153 Å². The summed E-state index contributed by atoms with van der Waals surface area (Å²) in [6, 6.07) is 10.2. The molecule has 6 heteroatoms. The van der Waals surface area contributed by atoms with Gasteiger partial charge in [-0.1, -0.05) is 18.2 Å². The molecule has 1 aliphatic rings. The molecule has 3 aromatic rings. The quantitative estimate of drug-likeness (QED) is 0.730. The van der Waals surface area contributed by atoms with Crippen molar-refractivity contribution in [3.63, 3.8) is 0 Å². The van der Waals surface area contributed by atoms with E-state index >= 15 is 0 Å². The topological polar surface area (TPSA) is 56.0 Å². The van der Waals surface area contributed by atoms with E-state index in [9.17, 15) is 4.79 Å². The maximum Gasteiger partial charge on any atom is 0.231 e. The molecule has 0 unspecified atom stereocenters. The van der Waals surface area contributed by atoms with Crippen molar-refractivity contribution in [2.75, 3.05) is 11.4 Å². The highest BCUT2D eigenvalue weighted by Gasteiger charge is 2.30. The van der Waals surface area contributed by atoms with Gasteiger partial charge in [0.2, 0.25) is 5.91 Å². The van der Waals surface area contributed by atoms with Gasteiger partial charge >= 0.3 is 0 Å². The number of aryl methyl sites for hydroxylation is 2. The zero-order valence-electron chi connectivity index (χ0n) is 15.4. The molecule has 0 fully saturated rings. The summed E-state index contributed by atoms with van der Waals surface area (Å²) in [6.45, 7) is 4.61. The average Bonchev–Trinajstić information content (AvgIpc) is 3.25. The summed E-state index contributed by atoms with van der Waals surface area (Å²) in [5, 5.41) is 8.83. The Kier molecular flexibility index (Phi) is 4.11. The van der Waals surface area contributed by atoms with E-state index in [1.807, 2.05) is 65.6 Å². The van der Waals surface area contributed by atoms with Gasteiger partial charge in [0, 0.05) is 42.9 Å². The fourth-order valence-electron chi connectivity index (χ4n) is 3.80. The Bertz CT molecular complexity index is 941. The highest BCUT2D eigenvalue weighted by atomic mass is 16.2. The van der Waals surface area contributed by atoms with Crippen LogP contribution in [0, 0.1) is 13.8 Å². The van der Waals surface area contributed by atoms with E-state index in [-0.39, 0.29) is 11.9 Å². The molecule has 0 radical (unpaired) electrons. The smallest absolute Gasteiger partial charge is 0.231 e. The van der Waals surface area contributed by atoms with Crippen LogP contribution in [-0.2, 0) is 24.7 Å². The first-order chi connectivity index (χ1) is 12.5. The number of hydrogen-bond acceptors (Lipinski definition) is 3. The molecule has 2 aromatic heterocycles. The summed E-state index contributed by atoms with van der Waals surface area (Å²) in [5.74, 6) is 0.105. The SMILES string of the molecule is Cc1nn(C)c(C)c1CC(=O)N1C[C@@H](n2cccn2)Cc2ccccc21. The van der Waals surface area contributed by atoms with Gasteiger partial charge < -0.3 is 4.90 Å². The van der Waals surface area contributed by atoms with Crippen molar-refractivity contribution in [1.29, 1.82) is 0 Å². The van der Waals surface area contributed by atoms with Gasteiger partial charge in [0.05, 0.1) is 18.2 Å². The van der Waals surface area contributed by atoms with Crippen LogP contribution in [0.5, 0.6) is 0 Å². The predicted molar refractivity (Wildman–Crippen MR) is 100 cm³/mol. The van der Waals surface area contributed by atoms with E-state index in [0.717, 1.165) is 29.1 Å². The van der Waals surface area contributed by atoms with Crippen molar-refractivity contribution >= 4 is 11.6 Å². The van der Waals surface area contributed by atoms with Crippen LogP contribution >= 0.6 is 0 Å². The lowest BCUT2D eigenvalue weighted by atomic mass is 9.97. The lowest BCUT2D eigenvalue weighted by Crippen LogP contribution is -2.41. The summed E-state index contributed by atoms with van der Waals surface area (Å²) in [4.78, 5) is 15.1. The van der Waals surface area contributed by atoms with Crippen LogP contribution in [0.15, 0.2) is 42.7 Å². The summed E-state index contributed by atoms with van der Waals surface area (Å²) >= 11 is 0. The molecule has 26 heavy (non-hydrogen) atoms. The first-order valence-corrected chi connectivity index (χ1v) is 8.91. The first kappa shape index (κ1) is 16.6. The van der Waals surface area contributed by atoms with Crippen molar-refractivity contribution in [3.8, 4) is 0 Å². The number of carbonyl (C=O) groups is 1. The third kappa shape index (κ3) is 2.81. The molecule has 0 saturated carbocycles. The molecule has 3 heterocycles. The number of fused-ring (bicyclic) bond motifs is 1. The van der Waals surface area contributed by atoms with Gasteiger partial charge in [-0.2, -0.15) is 10.2 Å². The molecule has 6 nitrogen and oxygen atoms in total. The van der Waals surface area contributed by atoms with Gasteiger partial charge in [-0.15, -0.1) is 0 Å². The van der Waals surface area contributed by atoms with Crippen LogP contribution in [0.3, 0.4) is 0 Å². The second-order valence-corrected chi connectivity index (χ2v) is 6.93. The van der Waals surface area contributed by atoms with Gasteiger partial charge in [0.25, 0.3) is 0 Å². The maximum absolute atomic E-state index is 13.2. The molecule has 1 amide bonds. The van der Waals surface area contributed by atoms with Crippen molar-refractivity contribution in [1.82, 2.24) is 19.6 Å². The molecule has 0 bridgehead atoms. The number of para-hydroxylation sites is 1. The number of amides is 1. The van der Waals surface area contributed by atoms with Crippen LogP contribution in [0.25, 0.3) is 0 Å². The van der Waals surface area contributed by atoms with Crippen LogP contribution in [-0.4, -0.2) is 32.0 Å². The van der Waals surface area contributed by atoms with E-state index in [1.165, 1.54) is 5.56 Å². The van der Waals surface area contributed by atoms with Gasteiger partial charge in [0.15, 0.2) is 0 Å². The number of hydrogen-bond donors (Lipinski definition) is 0. The Morgan fingerprint density at radius 2 is 2.04 bits per heavy atom. The molecule has 0 spiro atoms. The normalized spacial score (nSPS) is 16.6. The van der Waals surface area contributed by atoms with E-state index in [0.29, 0.717) is 13.0 Å². The lowest BCUT2D eigenvalue weighted by molar-refractivity contribution is -0.118. The van der Waals surface area contributed by atoms with Crippen LogP contribution in [0.1, 0.15) is 28.6 Å². The van der Waals surface area contributed by atoms with Crippen molar-refractivity contribution in [3.05, 3.63) is 65.2 Å². The molecule has 1 atom stereocenters. The molecule has 0 aliphatic carbocycles. The van der Waals surface area contributed by atoms with Gasteiger partial charge in [-0.05, 0) is 38.0 Å². The summed E-state index contributed by atoms with van der Waals surface area (Å²) in [7, 11) is 1.92. The third-order valence-corrected chi connectivity index (χ3v) is 5.32. The molecule has 0 saturated heterocycles. The Morgan fingerprint density at radius 1 is 1.23 bits per heavy atom.